The lowest BCUT2D eigenvalue weighted by Crippen LogP contribution is -2.03. The van der Waals surface area contributed by atoms with Crippen LogP contribution in [0.15, 0.2) is 133 Å². The van der Waals surface area contributed by atoms with Crippen molar-refractivity contribution in [2.45, 2.75) is 0 Å². The lowest BCUT2D eigenvalue weighted by molar-refractivity contribution is 1.00. The SMILES string of the molecule is C(=Cc1nc(-n2c3ccccc3c3ccccc32)nc2ccccc12)c1nc(-c2ccccc2)nc(-c2ccccc2)n1. The first kappa shape index (κ1) is 24.8. The predicted octanol–water partition coefficient (Wildman–Crippen LogP) is 8.42. The fourth-order valence-electron chi connectivity index (χ4n) is 5.51. The Kier molecular flexibility index (Phi) is 6.01. The summed E-state index contributed by atoms with van der Waals surface area (Å²) in [4.78, 5) is 24.6. The molecule has 0 spiro atoms. The molecule has 0 saturated heterocycles. The van der Waals surface area contributed by atoms with E-state index < -0.39 is 0 Å². The Morgan fingerprint density at radius 3 is 1.53 bits per heavy atom. The first-order chi connectivity index (χ1) is 21.3. The zero-order chi connectivity index (χ0) is 28.6. The second-order valence-corrected chi connectivity index (χ2v) is 10.2. The van der Waals surface area contributed by atoms with Crippen molar-refractivity contribution in [2.75, 3.05) is 0 Å². The lowest BCUT2D eigenvalue weighted by Gasteiger charge is -2.10. The molecule has 6 nitrogen and oxygen atoms in total. The van der Waals surface area contributed by atoms with Crippen LogP contribution < -0.4 is 0 Å². The molecule has 8 aromatic rings. The summed E-state index contributed by atoms with van der Waals surface area (Å²) < 4.78 is 2.14. The summed E-state index contributed by atoms with van der Waals surface area (Å²) in [5, 5.41) is 3.28. The summed E-state index contributed by atoms with van der Waals surface area (Å²) in [5.41, 5.74) is 5.62. The molecular formula is C37H24N6. The van der Waals surface area contributed by atoms with E-state index >= 15 is 0 Å². The zero-order valence-electron chi connectivity index (χ0n) is 23.0. The van der Waals surface area contributed by atoms with Crippen molar-refractivity contribution in [3.05, 3.63) is 145 Å². The van der Waals surface area contributed by atoms with Crippen LogP contribution in [0.3, 0.4) is 0 Å². The molecule has 0 radical (unpaired) electrons. The van der Waals surface area contributed by atoms with Crippen LogP contribution in [0, 0.1) is 0 Å². The largest absolute Gasteiger partial charge is 0.278 e. The van der Waals surface area contributed by atoms with E-state index in [0.29, 0.717) is 23.4 Å². The van der Waals surface area contributed by atoms with Crippen LogP contribution in [0.2, 0.25) is 0 Å². The quantitative estimate of drug-likeness (QED) is 0.214. The minimum atomic E-state index is 0.550. The van der Waals surface area contributed by atoms with Crippen LogP contribution in [0.4, 0.5) is 0 Å². The average Bonchev–Trinajstić information content (AvgIpc) is 3.42. The van der Waals surface area contributed by atoms with Crippen LogP contribution in [0.25, 0.3) is 73.6 Å². The van der Waals surface area contributed by atoms with Gasteiger partial charge in [-0.15, -0.1) is 0 Å². The Bertz CT molecular complexity index is 2180. The molecule has 202 valence electrons. The molecule has 0 atom stereocenters. The lowest BCUT2D eigenvalue weighted by atomic mass is 10.1. The number of hydrogen-bond acceptors (Lipinski definition) is 5. The molecule has 8 rings (SSSR count). The van der Waals surface area contributed by atoms with E-state index in [4.69, 9.17) is 24.9 Å². The van der Waals surface area contributed by atoms with Crippen molar-refractivity contribution in [3.8, 4) is 28.7 Å². The van der Waals surface area contributed by atoms with E-state index in [1.54, 1.807) is 0 Å². The first-order valence-corrected chi connectivity index (χ1v) is 14.1. The molecule has 43 heavy (non-hydrogen) atoms. The van der Waals surface area contributed by atoms with Crippen molar-refractivity contribution in [2.24, 2.45) is 0 Å². The highest BCUT2D eigenvalue weighted by Gasteiger charge is 2.15. The first-order valence-electron chi connectivity index (χ1n) is 14.1. The number of rotatable bonds is 5. The molecule has 5 aromatic carbocycles. The van der Waals surface area contributed by atoms with E-state index in [1.807, 2.05) is 97.1 Å². The van der Waals surface area contributed by atoms with Gasteiger partial charge < -0.3 is 0 Å². The van der Waals surface area contributed by atoms with Crippen LogP contribution in [-0.2, 0) is 0 Å². The molecule has 0 bridgehead atoms. The number of para-hydroxylation sites is 3. The summed E-state index contributed by atoms with van der Waals surface area (Å²) in [6.45, 7) is 0. The van der Waals surface area contributed by atoms with Crippen molar-refractivity contribution >= 4 is 44.9 Å². The van der Waals surface area contributed by atoms with Gasteiger partial charge in [0.05, 0.1) is 22.2 Å². The van der Waals surface area contributed by atoms with Gasteiger partial charge in [0, 0.05) is 27.3 Å². The van der Waals surface area contributed by atoms with Crippen LogP contribution in [-0.4, -0.2) is 29.5 Å². The van der Waals surface area contributed by atoms with Crippen LogP contribution >= 0.6 is 0 Å². The van der Waals surface area contributed by atoms with Gasteiger partial charge in [-0.25, -0.2) is 24.9 Å². The second-order valence-electron chi connectivity index (χ2n) is 10.2. The number of nitrogens with zero attached hydrogens (tertiary/aromatic N) is 6. The maximum Gasteiger partial charge on any atom is 0.235 e. The monoisotopic (exact) mass is 552 g/mol. The Morgan fingerprint density at radius 2 is 0.930 bits per heavy atom. The highest BCUT2D eigenvalue weighted by atomic mass is 15.2. The number of benzene rings is 5. The molecule has 0 N–H and O–H groups in total. The van der Waals surface area contributed by atoms with E-state index in [0.717, 1.165) is 38.8 Å². The third kappa shape index (κ3) is 4.51. The Labute approximate surface area is 247 Å². The maximum atomic E-state index is 5.11. The highest BCUT2D eigenvalue weighted by Crippen LogP contribution is 2.32. The van der Waals surface area contributed by atoms with E-state index in [2.05, 4.69) is 53.1 Å². The van der Waals surface area contributed by atoms with Gasteiger partial charge in [0.25, 0.3) is 0 Å². The van der Waals surface area contributed by atoms with E-state index in [9.17, 15) is 0 Å². The normalized spacial score (nSPS) is 11.6. The molecule has 0 unspecified atom stereocenters. The molecule has 0 aliphatic rings. The van der Waals surface area contributed by atoms with E-state index in [-0.39, 0.29) is 0 Å². The maximum absolute atomic E-state index is 5.11. The number of aromatic nitrogens is 6. The summed E-state index contributed by atoms with van der Waals surface area (Å²) in [6, 6.07) is 44.8. The van der Waals surface area contributed by atoms with Gasteiger partial charge in [-0.1, -0.05) is 115 Å². The summed E-state index contributed by atoms with van der Waals surface area (Å²) in [6.07, 6.45) is 3.88. The van der Waals surface area contributed by atoms with Gasteiger partial charge >= 0.3 is 0 Å². The number of hydrogen-bond donors (Lipinski definition) is 0. The fraction of sp³-hybridized carbons (Fsp3) is 0. The van der Waals surface area contributed by atoms with Crippen molar-refractivity contribution in [3.63, 3.8) is 0 Å². The van der Waals surface area contributed by atoms with Crippen molar-refractivity contribution in [1.29, 1.82) is 0 Å². The standard InChI is InChI=1S/C37H24N6/c1-3-13-25(14-4-1)35-40-34(41-36(42-35)26-15-5-2-6-16-26)24-23-31-29-19-7-10-20-30(29)38-37(39-31)43-32-21-11-8-17-27(32)28-18-9-12-22-33(28)43/h1-24H. The zero-order valence-corrected chi connectivity index (χ0v) is 23.0. The minimum absolute atomic E-state index is 0.550. The topological polar surface area (TPSA) is 69.4 Å². The van der Waals surface area contributed by atoms with Gasteiger partial charge in [-0.2, -0.15) is 0 Å². The average molecular weight is 553 g/mol. The summed E-state index contributed by atoms with van der Waals surface area (Å²) in [7, 11) is 0. The van der Waals surface area contributed by atoms with Gasteiger partial charge in [-0.05, 0) is 30.4 Å². The third-order valence-corrected chi connectivity index (χ3v) is 7.51. The Morgan fingerprint density at radius 1 is 0.419 bits per heavy atom. The van der Waals surface area contributed by atoms with Gasteiger partial charge in [0.2, 0.25) is 5.95 Å². The minimum Gasteiger partial charge on any atom is -0.278 e. The smallest absolute Gasteiger partial charge is 0.235 e. The predicted molar refractivity (Wildman–Crippen MR) is 174 cm³/mol. The molecule has 6 heteroatoms. The molecule has 0 aliphatic carbocycles. The summed E-state index contributed by atoms with van der Waals surface area (Å²) in [5.74, 6) is 2.40. The van der Waals surface area contributed by atoms with Crippen LogP contribution in [0.5, 0.6) is 0 Å². The molecule has 3 heterocycles. The van der Waals surface area contributed by atoms with Gasteiger partial charge in [0.1, 0.15) is 0 Å². The van der Waals surface area contributed by atoms with Gasteiger partial charge in [0.15, 0.2) is 17.5 Å². The third-order valence-electron chi connectivity index (χ3n) is 7.51. The molecule has 0 amide bonds. The molecule has 3 aromatic heterocycles. The van der Waals surface area contributed by atoms with Gasteiger partial charge in [-0.3, -0.25) is 4.57 Å². The number of fused-ring (bicyclic) bond motifs is 4. The van der Waals surface area contributed by atoms with Crippen LogP contribution in [0.1, 0.15) is 11.5 Å². The molecule has 0 saturated carbocycles. The molecule has 0 fully saturated rings. The molecular weight excluding hydrogens is 528 g/mol. The fourth-order valence-corrected chi connectivity index (χ4v) is 5.51. The molecule has 0 aliphatic heterocycles. The Balaban J connectivity index is 1.30. The summed E-state index contributed by atoms with van der Waals surface area (Å²) >= 11 is 0. The van der Waals surface area contributed by atoms with Crippen molar-refractivity contribution < 1.29 is 0 Å². The Hall–Kier alpha value is -6.01. The second kappa shape index (κ2) is 10.4. The van der Waals surface area contributed by atoms with E-state index in [1.165, 1.54) is 10.8 Å². The highest BCUT2D eigenvalue weighted by molar-refractivity contribution is 6.09. The van der Waals surface area contributed by atoms with Crippen molar-refractivity contribution in [1.82, 2.24) is 29.5 Å².